The van der Waals surface area contributed by atoms with Crippen molar-refractivity contribution in [2.24, 2.45) is 11.7 Å². The lowest BCUT2D eigenvalue weighted by molar-refractivity contribution is -0.145. The summed E-state index contributed by atoms with van der Waals surface area (Å²) in [7, 11) is 0. The standard InChI is InChI=1S/C25H38N4O5S/c1-4-16(2)21(28-22(30)18(26)12-14-35-3)24(32)29-13-8-11-20(29)23(31)27-19(25(33)34)15-17-9-6-5-7-10-17/h5-7,9-10,16,18-21H,4,8,11-15,26H2,1-3H3,(H,27,31)(H,28,30)(H,33,34). The number of carbonyl (C=O) groups excluding carboxylic acids is 3. The summed E-state index contributed by atoms with van der Waals surface area (Å²) in [5.74, 6) is -1.77. The Kier molecular flexibility index (Phi) is 11.5. The van der Waals surface area contributed by atoms with E-state index in [0.717, 1.165) is 11.3 Å². The van der Waals surface area contributed by atoms with Crippen LogP contribution in [0.1, 0.15) is 45.1 Å². The zero-order valence-electron chi connectivity index (χ0n) is 20.7. The number of aliphatic carboxylic acids is 1. The third-order valence-electron chi connectivity index (χ3n) is 6.48. The number of nitrogens with zero attached hydrogens (tertiary/aromatic N) is 1. The van der Waals surface area contributed by atoms with E-state index in [1.807, 2.05) is 38.3 Å². The van der Waals surface area contributed by atoms with E-state index in [4.69, 9.17) is 5.73 Å². The molecule has 1 heterocycles. The van der Waals surface area contributed by atoms with E-state index < -0.39 is 36.0 Å². The molecule has 10 heteroatoms. The minimum absolute atomic E-state index is 0.141. The predicted octanol–water partition coefficient (Wildman–Crippen LogP) is 1.40. The van der Waals surface area contributed by atoms with Crippen molar-refractivity contribution in [2.75, 3.05) is 18.6 Å². The number of hydrogen-bond donors (Lipinski definition) is 4. The Bertz CT molecular complexity index is 869. The summed E-state index contributed by atoms with van der Waals surface area (Å²) in [6.45, 7) is 4.18. The summed E-state index contributed by atoms with van der Waals surface area (Å²) in [6, 6.07) is 5.65. The fourth-order valence-electron chi connectivity index (χ4n) is 4.12. The summed E-state index contributed by atoms with van der Waals surface area (Å²) >= 11 is 1.59. The second-order valence-electron chi connectivity index (χ2n) is 9.04. The fraction of sp³-hybridized carbons (Fsp3) is 0.600. The van der Waals surface area contributed by atoms with Gasteiger partial charge in [0.2, 0.25) is 17.7 Å². The molecule has 1 aliphatic heterocycles. The molecule has 0 radical (unpaired) electrons. The normalized spacial score (nSPS) is 18.9. The highest BCUT2D eigenvalue weighted by Crippen LogP contribution is 2.22. The van der Waals surface area contributed by atoms with Gasteiger partial charge in [0.15, 0.2) is 0 Å². The van der Waals surface area contributed by atoms with E-state index in [1.54, 1.807) is 23.9 Å². The Morgan fingerprint density at radius 3 is 2.49 bits per heavy atom. The number of amides is 3. The van der Waals surface area contributed by atoms with Crippen LogP contribution in [-0.4, -0.2) is 76.4 Å². The number of rotatable bonds is 13. The topological polar surface area (TPSA) is 142 Å². The number of thioether (sulfide) groups is 1. The molecule has 1 aromatic rings. The molecular formula is C25H38N4O5S. The van der Waals surface area contributed by atoms with Gasteiger partial charge in [-0.3, -0.25) is 14.4 Å². The smallest absolute Gasteiger partial charge is 0.326 e. The molecule has 0 saturated carbocycles. The number of nitrogens with two attached hydrogens (primary N) is 1. The largest absolute Gasteiger partial charge is 0.480 e. The molecule has 1 fully saturated rings. The Balaban J connectivity index is 2.12. The van der Waals surface area contributed by atoms with Crippen molar-refractivity contribution >= 4 is 35.5 Å². The summed E-state index contributed by atoms with van der Waals surface area (Å²) in [4.78, 5) is 52.5. The number of nitrogens with one attached hydrogen (secondary N) is 2. The lowest BCUT2D eigenvalue weighted by atomic mass is 9.96. The average Bonchev–Trinajstić information content (AvgIpc) is 3.35. The maximum atomic E-state index is 13.5. The van der Waals surface area contributed by atoms with Crippen molar-refractivity contribution in [3.05, 3.63) is 35.9 Å². The summed E-state index contributed by atoms with van der Waals surface area (Å²) in [5.41, 5.74) is 6.79. The minimum Gasteiger partial charge on any atom is -0.480 e. The zero-order chi connectivity index (χ0) is 26.0. The van der Waals surface area contributed by atoms with Gasteiger partial charge in [-0.15, -0.1) is 0 Å². The van der Waals surface area contributed by atoms with Gasteiger partial charge in [0.05, 0.1) is 6.04 Å². The number of carboxylic acid groups (broad SMARTS) is 1. The molecule has 9 nitrogen and oxygen atoms in total. The molecule has 194 valence electrons. The highest BCUT2D eigenvalue weighted by Gasteiger charge is 2.40. The minimum atomic E-state index is -1.14. The van der Waals surface area contributed by atoms with Crippen LogP contribution in [0.4, 0.5) is 0 Å². The number of carbonyl (C=O) groups is 4. The van der Waals surface area contributed by atoms with Gasteiger partial charge >= 0.3 is 5.97 Å². The fourth-order valence-corrected chi connectivity index (χ4v) is 4.61. The van der Waals surface area contributed by atoms with Crippen LogP contribution in [0.3, 0.4) is 0 Å². The van der Waals surface area contributed by atoms with Crippen LogP contribution in [0.2, 0.25) is 0 Å². The first-order valence-corrected chi connectivity index (χ1v) is 13.5. The quantitative estimate of drug-likeness (QED) is 0.317. The first kappa shape index (κ1) is 28.6. The van der Waals surface area contributed by atoms with Gasteiger partial charge in [0, 0.05) is 13.0 Å². The lowest BCUT2D eigenvalue weighted by Crippen LogP contribution is -2.58. The van der Waals surface area contributed by atoms with Crippen LogP contribution in [0.5, 0.6) is 0 Å². The lowest BCUT2D eigenvalue weighted by Gasteiger charge is -2.32. The van der Waals surface area contributed by atoms with Gasteiger partial charge in [0.25, 0.3) is 0 Å². The molecule has 2 rings (SSSR count). The highest BCUT2D eigenvalue weighted by molar-refractivity contribution is 7.98. The van der Waals surface area contributed by atoms with E-state index in [9.17, 15) is 24.3 Å². The Morgan fingerprint density at radius 2 is 1.89 bits per heavy atom. The predicted molar refractivity (Wildman–Crippen MR) is 137 cm³/mol. The van der Waals surface area contributed by atoms with Crippen molar-refractivity contribution in [3.8, 4) is 0 Å². The van der Waals surface area contributed by atoms with Crippen LogP contribution in [-0.2, 0) is 25.6 Å². The first-order chi connectivity index (χ1) is 16.7. The molecule has 1 saturated heterocycles. The Hall–Kier alpha value is -2.59. The third-order valence-corrected chi connectivity index (χ3v) is 7.13. The van der Waals surface area contributed by atoms with Crippen molar-refractivity contribution < 1.29 is 24.3 Å². The maximum absolute atomic E-state index is 13.5. The van der Waals surface area contributed by atoms with Crippen molar-refractivity contribution in [3.63, 3.8) is 0 Å². The van der Waals surface area contributed by atoms with Crippen molar-refractivity contribution in [1.29, 1.82) is 0 Å². The number of likely N-dealkylation sites (tertiary alicyclic amines) is 1. The molecule has 0 aliphatic carbocycles. The van der Waals surface area contributed by atoms with Crippen LogP contribution >= 0.6 is 11.8 Å². The molecule has 1 aliphatic rings. The van der Waals surface area contributed by atoms with Gasteiger partial charge in [0.1, 0.15) is 18.1 Å². The summed E-state index contributed by atoms with van der Waals surface area (Å²) in [6.07, 6.45) is 4.28. The van der Waals surface area contributed by atoms with E-state index in [2.05, 4.69) is 10.6 Å². The molecule has 5 atom stereocenters. The van der Waals surface area contributed by atoms with E-state index in [1.165, 1.54) is 4.90 Å². The van der Waals surface area contributed by atoms with Gasteiger partial charge in [-0.25, -0.2) is 4.79 Å². The molecule has 5 unspecified atom stereocenters. The first-order valence-electron chi connectivity index (χ1n) is 12.1. The zero-order valence-corrected chi connectivity index (χ0v) is 21.6. The highest BCUT2D eigenvalue weighted by atomic mass is 32.2. The van der Waals surface area contributed by atoms with Gasteiger partial charge in [-0.05, 0) is 42.8 Å². The Labute approximate surface area is 211 Å². The molecule has 5 N–H and O–H groups in total. The monoisotopic (exact) mass is 506 g/mol. The second kappa shape index (κ2) is 14.1. The van der Waals surface area contributed by atoms with E-state index >= 15 is 0 Å². The SMILES string of the molecule is CCC(C)C(NC(=O)C(N)CCSC)C(=O)N1CCCC1C(=O)NC(Cc1ccccc1)C(=O)O. The summed E-state index contributed by atoms with van der Waals surface area (Å²) < 4.78 is 0. The molecule has 1 aromatic carbocycles. The van der Waals surface area contributed by atoms with Crippen molar-refractivity contribution in [2.45, 2.75) is 70.1 Å². The maximum Gasteiger partial charge on any atom is 0.326 e. The molecule has 0 spiro atoms. The van der Waals surface area contributed by atoms with Gasteiger partial charge in [-0.2, -0.15) is 11.8 Å². The number of hydrogen-bond acceptors (Lipinski definition) is 6. The van der Waals surface area contributed by atoms with E-state index in [-0.39, 0.29) is 24.2 Å². The summed E-state index contributed by atoms with van der Waals surface area (Å²) in [5, 5.41) is 15.1. The average molecular weight is 507 g/mol. The molecule has 0 bridgehead atoms. The van der Waals surface area contributed by atoms with Crippen LogP contribution in [0, 0.1) is 5.92 Å². The second-order valence-corrected chi connectivity index (χ2v) is 10.0. The molecule has 0 aromatic heterocycles. The van der Waals surface area contributed by atoms with E-state index in [0.29, 0.717) is 32.2 Å². The van der Waals surface area contributed by atoms with Crippen LogP contribution in [0.15, 0.2) is 30.3 Å². The number of carboxylic acids is 1. The molecule has 35 heavy (non-hydrogen) atoms. The molecular weight excluding hydrogens is 468 g/mol. The molecule has 3 amide bonds. The number of benzene rings is 1. The third kappa shape index (κ3) is 8.24. The Morgan fingerprint density at radius 1 is 1.20 bits per heavy atom. The van der Waals surface area contributed by atoms with Gasteiger partial charge in [-0.1, -0.05) is 50.6 Å². The van der Waals surface area contributed by atoms with Gasteiger partial charge < -0.3 is 26.4 Å². The van der Waals surface area contributed by atoms with Crippen LogP contribution < -0.4 is 16.4 Å². The van der Waals surface area contributed by atoms with Crippen molar-refractivity contribution in [1.82, 2.24) is 15.5 Å². The van der Waals surface area contributed by atoms with Crippen LogP contribution in [0.25, 0.3) is 0 Å².